The molecule has 21 heavy (non-hydrogen) atoms. The normalized spacial score (nSPS) is 30.4. The van der Waals surface area contributed by atoms with Crippen molar-refractivity contribution in [2.24, 2.45) is 11.7 Å². The van der Waals surface area contributed by atoms with Crippen LogP contribution in [-0.2, 0) is 4.74 Å². The lowest BCUT2D eigenvalue weighted by atomic mass is 9.72. The number of fused-ring (bicyclic) bond motifs is 1. The summed E-state index contributed by atoms with van der Waals surface area (Å²) in [5.74, 6) is -1.19. The molecule has 1 saturated carbocycles. The van der Waals surface area contributed by atoms with Crippen LogP contribution in [0.5, 0.6) is 0 Å². The minimum absolute atomic E-state index is 0.136. The fourth-order valence-corrected chi connectivity index (χ4v) is 3.00. The lowest BCUT2D eigenvalue weighted by Gasteiger charge is -2.45. The summed E-state index contributed by atoms with van der Waals surface area (Å²) in [6, 6.07) is 2.25. The second kappa shape index (κ2) is 5.05. The molecule has 1 heterocycles. The Bertz CT molecular complexity index is 609. The summed E-state index contributed by atoms with van der Waals surface area (Å²) in [6.45, 7) is 0.603. The van der Waals surface area contributed by atoms with Crippen molar-refractivity contribution in [3.8, 4) is 0 Å². The van der Waals surface area contributed by atoms with Crippen LogP contribution < -0.4 is 11.1 Å². The number of hydrogen-bond acceptors (Lipinski definition) is 5. The van der Waals surface area contributed by atoms with Crippen LogP contribution in [0.4, 0.5) is 10.1 Å². The summed E-state index contributed by atoms with van der Waals surface area (Å²) >= 11 is 0. The Morgan fingerprint density at radius 1 is 1.52 bits per heavy atom. The first kappa shape index (κ1) is 13.9. The number of nitro groups is 1. The number of carbonyl (C=O) groups excluding carboxylic acids is 1. The van der Waals surface area contributed by atoms with Gasteiger partial charge in [0.05, 0.1) is 23.1 Å². The van der Waals surface area contributed by atoms with E-state index in [4.69, 9.17) is 10.5 Å². The SMILES string of the molecule is NC1C2CCOC2C1NC(=O)c1ccc(F)cc1[N+](=O)[O-]. The molecule has 2 fully saturated rings. The maximum Gasteiger partial charge on any atom is 0.285 e. The van der Waals surface area contributed by atoms with E-state index in [-0.39, 0.29) is 29.7 Å². The summed E-state index contributed by atoms with van der Waals surface area (Å²) < 4.78 is 18.6. The van der Waals surface area contributed by atoms with Crippen molar-refractivity contribution in [3.63, 3.8) is 0 Å². The van der Waals surface area contributed by atoms with Gasteiger partial charge in [-0.15, -0.1) is 0 Å². The molecule has 7 nitrogen and oxygen atoms in total. The van der Waals surface area contributed by atoms with Crippen LogP contribution in [0.15, 0.2) is 18.2 Å². The largest absolute Gasteiger partial charge is 0.376 e. The average molecular weight is 295 g/mol. The number of nitrogens with two attached hydrogens (primary N) is 1. The number of amides is 1. The summed E-state index contributed by atoms with van der Waals surface area (Å²) in [5.41, 5.74) is 5.22. The number of nitrogens with zero attached hydrogens (tertiary/aromatic N) is 1. The monoisotopic (exact) mass is 295 g/mol. The summed E-state index contributed by atoms with van der Waals surface area (Å²) in [5, 5.41) is 13.6. The maximum absolute atomic E-state index is 13.1. The van der Waals surface area contributed by atoms with Crippen molar-refractivity contribution in [1.82, 2.24) is 5.32 Å². The third kappa shape index (κ3) is 2.26. The van der Waals surface area contributed by atoms with Crippen molar-refractivity contribution >= 4 is 11.6 Å². The minimum atomic E-state index is -0.784. The second-order valence-corrected chi connectivity index (χ2v) is 5.28. The van der Waals surface area contributed by atoms with Gasteiger partial charge in [0.1, 0.15) is 11.4 Å². The van der Waals surface area contributed by atoms with E-state index in [9.17, 15) is 19.3 Å². The van der Waals surface area contributed by atoms with Crippen LogP contribution >= 0.6 is 0 Å². The van der Waals surface area contributed by atoms with Crippen molar-refractivity contribution in [3.05, 3.63) is 39.7 Å². The molecule has 0 spiro atoms. The number of rotatable bonds is 3. The molecule has 1 saturated heterocycles. The van der Waals surface area contributed by atoms with Gasteiger partial charge < -0.3 is 15.8 Å². The molecule has 4 atom stereocenters. The highest BCUT2D eigenvalue weighted by Crippen LogP contribution is 2.38. The standard InChI is InChI=1S/C13H14FN3O4/c14-6-1-2-7(9(5-6)17(19)20)13(18)16-11-10(15)8-3-4-21-12(8)11/h1-2,5,8,10-12H,3-4,15H2,(H,16,18). The zero-order valence-corrected chi connectivity index (χ0v) is 11.0. The highest BCUT2D eigenvalue weighted by Gasteiger charge is 2.52. The van der Waals surface area contributed by atoms with E-state index in [1.807, 2.05) is 0 Å². The lowest BCUT2D eigenvalue weighted by Crippen LogP contribution is -2.68. The fourth-order valence-electron chi connectivity index (χ4n) is 3.00. The highest BCUT2D eigenvalue weighted by molar-refractivity contribution is 5.98. The number of carbonyl (C=O) groups is 1. The van der Waals surface area contributed by atoms with E-state index in [1.54, 1.807) is 0 Å². The summed E-state index contributed by atoms with van der Waals surface area (Å²) in [7, 11) is 0. The molecule has 1 aliphatic heterocycles. The van der Waals surface area contributed by atoms with Crippen molar-refractivity contribution in [1.29, 1.82) is 0 Å². The molecular formula is C13H14FN3O4. The predicted molar refractivity (Wildman–Crippen MR) is 70.1 cm³/mol. The van der Waals surface area contributed by atoms with Gasteiger partial charge in [-0.3, -0.25) is 14.9 Å². The molecule has 3 N–H and O–H groups in total. The van der Waals surface area contributed by atoms with Gasteiger partial charge in [-0.25, -0.2) is 4.39 Å². The van der Waals surface area contributed by atoms with Gasteiger partial charge in [0.15, 0.2) is 0 Å². The van der Waals surface area contributed by atoms with Crippen LogP contribution in [0.25, 0.3) is 0 Å². The van der Waals surface area contributed by atoms with Gasteiger partial charge in [-0.2, -0.15) is 0 Å². The molecule has 4 unspecified atom stereocenters. The maximum atomic E-state index is 13.1. The Morgan fingerprint density at radius 3 is 3.00 bits per heavy atom. The molecule has 0 bridgehead atoms. The van der Waals surface area contributed by atoms with Gasteiger partial charge in [0.25, 0.3) is 11.6 Å². The average Bonchev–Trinajstić information content (AvgIpc) is 2.89. The van der Waals surface area contributed by atoms with Crippen LogP contribution in [0, 0.1) is 21.8 Å². The number of benzene rings is 1. The number of ether oxygens (including phenoxy) is 1. The van der Waals surface area contributed by atoms with Crippen LogP contribution in [-0.4, -0.2) is 35.6 Å². The Balaban J connectivity index is 1.78. The van der Waals surface area contributed by atoms with Crippen molar-refractivity contribution in [2.45, 2.75) is 24.6 Å². The Morgan fingerprint density at radius 2 is 2.29 bits per heavy atom. The number of nitrogens with one attached hydrogen (secondary N) is 1. The van der Waals surface area contributed by atoms with Crippen molar-refractivity contribution in [2.75, 3.05) is 6.61 Å². The molecule has 1 aliphatic carbocycles. The van der Waals surface area contributed by atoms with Gasteiger partial charge in [-0.1, -0.05) is 0 Å². The molecule has 8 heteroatoms. The quantitative estimate of drug-likeness (QED) is 0.626. The van der Waals surface area contributed by atoms with E-state index in [0.29, 0.717) is 6.61 Å². The molecule has 112 valence electrons. The van der Waals surface area contributed by atoms with Gasteiger partial charge in [0, 0.05) is 18.6 Å². The smallest absolute Gasteiger partial charge is 0.285 e. The molecule has 0 radical (unpaired) electrons. The Kier molecular flexibility index (Phi) is 3.34. The van der Waals surface area contributed by atoms with Crippen LogP contribution in [0.2, 0.25) is 0 Å². The molecule has 0 aromatic heterocycles. The third-order valence-corrected chi connectivity index (χ3v) is 4.15. The molecular weight excluding hydrogens is 281 g/mol. The van der Waals surface area contributed by atoms with E-state index >= 15 is 0 Å². The predicted octanol–water partition coefficient (Wildman–Crippen LogP) is 0.578. The first-order valence-corrected chi connectivity index (χ1v) is 6.61. The molecule has 3 rings (SSSR count). The van der Waals surface area contributed by atoms with Gasteiger partial charge in [0.2, 0.25) is 0 Å². The topological polar surface area (TPSA) is 107 Å². The van der Waals surface area contributed by atoms with Crippen molar-refractivity contribution < 1.29 is 18.8 Å². The highest BCUT2D eigenvalue weighted by atomic mass is 19.1. The van der Waals surface area contributed by atoms with E-state index < -0.39 is 22.3 Å². The first-order valence-electron chi connectivity index (χ1n) is 6.61. The third-order valence-electron chi connectivity index (χ3n) is 4.15. The number of halogens is 1. The van der Waals surface area contributed by atoms with Crippen LogP contribution in [0.3, 0.4) is 0 Å². The van der Waals surface area contributed by atoms with E-state index in [0.717, 1.165) is 24.6 Å². The summed E-state index contributed by atoms with van der Waals surface area (Å²) in [6.07, 6.45) is 0.720. The number of hydrogen-bond donors (Lipinski definition) is 2. The van der Waals surface area contributed by atoms with E-state index in [1.165, 1.54) is 0 Å². The minimum Gasteiger partial charge on any atom is -0.376 e. The lowest BCUT2D eigenvalue weighted by molar-refractivity contribution is -0.385. The molecule has 2 aliphatic rings. The Labute approximate surface area is 119 Å². The molecule has 1 aromatic carbocycles. The zero-order valence-electron chi connectivity index (χ0n) is 11.0. The van der Waals surface area contributed by atoms with Gasteiger partial charge in [-0.05, 0) is 18.6 Å². The van der Waals surface area contributed by atoms with Gasteiger partial charge >= 0.3 is 0 Å². The second-order valence-electron chi connectivity index (χ2n) is 5.28. The van der Waals surface area contributed by atoms with Crippen LogP contribution in [0.1, 0.15) is 16.8 Å². The molecule has 1 amide bonds. The number of nitro benzene ring substituents is 1. The Hall–Kier alpha value is -2.06. The fraction of sp³-hybridized carbons (Fsp3) is 0.462. The summed E-state index contributed by atoms with van der Waals surface area (Å²) in [4.78, 5) is 22.3. The van der Waals surface area contributed by atoms with E-state index in [2.05, 4.69) is 5.32 Å². The zero-order chi connectivity index (χ0) is 15.1. The first-order chi connectivity index (χ1) is 9.99. The molecule has 1 aromatic rings.